The van der Waals surface area contributed by atoms with Gasteiger partial charge in [-0.2, -0.15) is 0 Å². The molecule has 2 aromatic rings. The van der Waals surface area contributed by atoms with E-state index in [1.54, 1.807) is 0 Å². The molecule has 1 aliphatic heterocycles. The fraction of sp³-hybridized carbons (Fsp3) is 0.481. The molecule has 5 nitrogen and oxygen atoms in total. The smallest absolute Gasteiger partial charge is 0.226 e. The number of aliphatic hydroxyl groups is 1. The van der Waals surface area contributed by atoms with E-state index in [2.05, 4.69) is 54.7 Å². The number of aliphatic hydroxyl groups excluding tert-OH is 1. The van der Waals surface area contributed by atoms with Gasteiger partial charge in [-0.05, 0) is 92.9 Å². The molecule has 3 aliphatic rings. The summed E-state index contributed by atoms with van der Waals surface area (Å²) in [6.45, 7) is 7.86. The van der Waals surface area contributed by atoms with Crippen molar-refractivity contribution in [3.8, 4) is 5.88 Å². The van der Waals surface area contributed by atoms with Crippen molar-refractivity contribution in [3.05, 3.63) is 59.1 Å². The lowest BCUT2D eigenvalue weighted by atomic mass is 9.60. The van der Waals surface area contributed by atoms with Gasteiger partial charge in [-0.15, -0.1) is 0 Å². The second-order valence-corrected chi connectivity index (χ2v) is 10.4. The highest BCUT2D eigenvalue weighted by atomic mass is 16.5. The van der Waals surface area contributed by atoms with E-state index < -0.39 is 5.60 Å². The molecule has 0 amide bonds. The molecule has 2 heterocycles. The maximum Gasteiger partial charge on any atom is 0.226 e. The molecular weight excluding hydrogens is 398 g/mol. The van der Waals surface area contributed by atoms with Gasteiger partial charge in [0.05, 0.1) is 11.3 Å². The van der Waals surface area contributed by atoms with Crippen LogP contribution in [0.2, 0.25) is 0 Å². The van der Waals surface area contributed by atoms with Crippen molar-refractivity contribution in [2.75, 3.05) is 5.73 Å². The first-order valence-corrected chi connectivity index (χ1v) is 11.8. The highest BCUT2D eigenvalue weighted by Crippen LogP contribution is 2.50. The zero-order valence-corrected chi connectivity index (χ0v) is 19.2. The molecule has 0 unspecified atom stereocenters. The van der Waals surface area contributed by atoms with Crippen molar-refractivity contribution >= 4 is 17.5 Å². The number of benzene rings is 1. The third-order valence-electron chi connectivity index (χ3n) is 7.84. The van der Waals surface area contributed by atoms with Crippen LogP contribution in [-0.2, 0) is 11.8 Å². The first kappa shape index (κ1) is 21.0. The van der Waals surface area contributed by atoms with Crippen LogP contribution in [0.25, 0.3) is 11.6 Å². The summed E-state index contributed by atoms with van der Waals surface area (Å²) < 4.78 is 6.24. The van der Waals surface area contributed by atoms with Gasteiger partial charge in [0, 0.05) is 12.0 Å². The number of hydrogen-bond acceptors (Lipinski definition) is 5. The maximum absolute atomic E-state index is 9.61. The predicted octanol–water partition coefficient (Wildman–Crippen LogP) is 6.00. The van der Waals surface area contributed by atoms with Crippen molar-refractivity contribution in [3.63, 3.8) is 0 Å². The van der Waals surface area contributed by atoms with Crippen molar-refractivity contribution < 1.29 is 9.84 Å². The minimum atomic E-state index is -0.501. The van der Waals surface area contributed by atoms with Crippen LogP contribution in [-0.4, -0.2) is 20.7 Å². The number of allylic oxidation sites excluding steroid dienone is 1. The molecular formula is C27H33N3O2. The minimum absolute atomic E-state index is 0.289. The Bertz CT molecular complexity index is 1090. The molecule has 0 bridgehead atoms. The van der Waals surface area contributed by atoms with Crippen LogP contribution in [0.4, 0.5) is 5.82 Å². The van der Waals surface area contributed by atoms with Crippen molar-refractivity contribution in [2.45, 2.75) is 76.2 Å². The number of hydrogen-bond donors (Lipinski definition) is 2. The Balaban J connectivity index is 1.48. The Hall–Kier alpha value is -2.82. The summed E-state index contributed by atoms with van der Waals surface area (Å²) in [5.74, 6) is 1.89. The summed E-state index contributed by atoms with van der Waals surface area (Å²) in [6, 6.07) is 7.00. The lowest BCUT2D eigenvalue weighted by Gasteiger charge is -2.45. The Morgan fingerprint density at radius 2 is 2.00 bits per heavy atom. The zero-order valence-electron chi connectivity index (χ0n) is 19.2. The highest BCUT2D eigenvalue weighted by Gasteiger charge is 2.40. The molecule has 0 atom stereocenters. The van der Waals surface area contributed by atoms with E-state index in [1.807, 2.05) is 0 Å². The molecule has 0 radical (unpaired) electrons. The summed E-state index contributed by atoms with van der Waals surface area (Å²) in [4.78, 5) is 8.42. The van der Waals surface area contributed by atoms with E-state index >= 15 is 0 Å². The number of nitrogens with two attached hydrogens (primary N) is 1. The number of aryl methyl sites for hydroxylation is 1. The molecule has 2 aliphatic carbocycles. The Morgan fingerprint density at radius 3 is 2.75 bits per heavy atom. The molecule has 168 valence electrons. The van der Waals surface area contributed by atoms with Gasteiger partial charge in [0.25, 0.3) is 0 Å². The van der Waals surface area contributed by atoms with Crippen LogP contribution < -0.4 is 10.5 Å². The van der Waals surface area contributed by atoms with E-state index in [0.29, 0.717) is 23.4 Å². The monoisotopic (exact) mass is 431 g/mol. The lowest BCUT2D eigenvalue weighted by Crippen LogP contribution is -2.36. The summed E-state index contributed by atoms with van der Waals surface area (Å²) in [6.07, 6.45) is 12.7. The van der Waals surface area contributed by atoms with Gasteiger partial charge in [0.1, 0.15) is 17.7 Å². The second kappa shape index (κ2) is 7.65. The van der Waals surface area contributed by atoms with Gasteiger partial charge in [-0.1, -0.05) is 24.8 Å². The Morgan fingerprint density at radius 1 is 1.22 bits per heavy atom. The number of rotatable bonds is 3. The topological polar surface area (TPSA) is 81.3 Å². The Labute approximate surface area is 190 Å². The van der Waals surface area contributed by atoms with Gasteiger partial charge in [-0.3, -0.25) is 0 Å². The van der Waals surface area contributed by atoms with Crippen molar-refractivity contribution in [2.24, 2.45) is 5.92 Å². The van der Waals surface area contributed by atoms with Gasteiger partial charge < -0.3 is 15.6 Å². The second-order valence-electron chi connectivity index (χ2n) is 10.4. The number of ether oxygens (including phenoxy) is 1. The largest absolute Gasteiger partial charge is 0.513 e. The molecule has 5 heteroatoms. The van der Waals surface area contributed by atoms with E-state index in [-0.39, 0.29) is 5.41 Å². The first-order chi connectivity index (χ1) is 15.3. The van der Waals surface area contributed by atoms with Gasteiger partial charge in [0.2, 0.25) is 5.88 Å². The summed E-state index contributed by atoms with van der Waals surface area (Å²) in [5.41, 5.74) is 12.0. The normalized spacial score (nSPS) is 25.9. The van der Waals surface area contributed by atoms with Gasteiger partial charge in [-0.25, -0.2) is 9.97 Å². The zero-order chi connectivity index (χ0) is 22.5. The van der Waals surface area contributed by atoms with Crippen LogP contribution in [0.1, 0.15) is 81.0 Å². The molecule has 1 fully saturated rings. The quantitative estimate of drug-likeness (QED) is 0.583. The number of nitrogens with zero attached hydrogens (tertiary/aromatic N) is 2. The van der Waals surface area contributed by atoms with Crippen LogP contribution in [0, 0.1) is 5.92 Å². The van der Waals surface area contributed by atoms with Crippen molar-refractivity contribution in [1.29, 1.82) is 0 Å². The molecule has 32 heavy (non-hydrogen) atoms. The number of anilines is 1. The SMILES string of the molecule is C=C(O)CC1CCC2(CCCc3cc(C4=Cc5c(N)ncnc5OC4(C)C)ccc32)CC1. The molecule has 1 spiro atoms. The Kier molecular flexibility index (Phi) is 5.03. The summed E-state index contributed by atoms with van der Waals surface area (Å²) >= 11 is 0. The van der Waals surface area contributed by atoms with E-state index in [9.17, 15) is 5.11 Å². The third-order valence-corrected chi connectivity index (χ3v) is 7.84. The molecule has 1 aromatic heterocycles. The summed E-state index contributed by atoms with van der Waals surface area (Å²) in [5, 5.41) is 9.61. The average molecular weight is 432 g/mol. The first-order valence-electron chi connectivity index (χ1n) is 11.8. The van der Waals surface area contributed by atoms with Gasteiger partial charge >= 0.3 is 0 Å². The summed E-state index contributed by atoms with van der Waals surface area (Å²) in [7, 11) is 0. The fourth-order valence-corrected chi connectivity index (χ4v) is 6.18. The van der Waals surface area contributed by atoms with Crippen LogP contribution in [0.3, 0.4) is 0 Å². The van der Waals surface area contributed by atoms with Crippen LogP contribution in [0.15, 0.2) is 36.9 Å². The van der Waals surface area contributed by atoms with Crippen LogP contribution >= 0.6 is 0 Å². The molecule has 3 N–H and O–H groups in total. The number of fused-ring (bicyclic) bond motifs is 3. The van der Waals surface area contributed by atoms with E-state index in [4.69, 9.17) is 10.5 Å². The standard InChI is InChI=1S/C27H33N3O2/c1-17(31)13-18-8-11-27(12-9-18)10-4-5-19-14-20(6-7-22(19)27)23-15-21-24(28)29-16-30-25(21)32-26(23,2)3/h6-7,14-16,18,31H,1,4-5,8-13H2,2-3H3,(H2,28,29,30). The predicted molar refractivity (Wildman–Crippen MR) is 128 cm³/mol. The molecule has 5 rings (SSSR count). The van der Waals surface area contributed by atoms with E-state index in [1.165, 1.54) is 61.5 Å². The third kappa shape index (κ3) is 3.58. The number of nitrogen functional groups attached to an aromatic ring is 1. The van der Waals surface area contributed by atoms with Gasteiger partial charge in [0.15, 0.2) is 0 Å². The van der Waals surface area contributed by atoms with Crippen LogP contribution in [0.5, 0.6) is 5.88 Å². The molecule has 0 saturated heterocycles. The number of aromatic nitrogens is 2. The van der Waals surface area contributed by atoms with E-state index in [0.717, 1.165) is 24.0 Å². The molecule has 1 aromatic carbocycles. The molecule has 1 saturated carbocycles. The maximum atomic E-state index is 9.61. The lowest BCUT2D eigenvalue weighted by molar-refractivity contribution is 0.161. The highest BCUT2D eigenvalue weighted by molar-refractivity contribution is 5.91. The minimum Gasteiger partial charge on any atom is -0.513 e. The fourth-order valence-electron chi connectivity index (χ4n) is 6.18. The average Bonchev–Trinajstić information content (AvgIpc) is 2.74. The van der Waals surface area contributed by atoms with Crippen molar-refractivity contribution in [1.82, 2.24) is 9.97 Å².